The number of ether oxygens (including phenoxy) is 1. The summed E-state index contributed by atoms with van der Waals surface area (Å²) < 4.78 is 59.3. The summed E-state index contributed by atoms with van der Waals surface area (Å²) in [5, 5.41) is 2.43. The Morgan fingerprint density at radius 3 is 2.43 bits per heavy atom. The monoisotopic (exact) mass is 419 g/mol. The summed E-state index contributed by atoms with van der Waals surface area (Å²) in [4.78, 5) is 24.3. The summed E-state index contributed by atoms with van der Waals surface area (Å²) in [6, 6.07) is 8.40. The number of halogens is 4. The highest BCUT2D eigenvalue weighted by molar-refractivity contribution is 6.06. The van der Waals surface area contributed by atoms with Crippen LogP contribution in [-0.2, 0) is 6.18 Å². The van der Waals surface area contributed by atoms with Crippen LogP contribution < -0.4 is 15.6 Å². The number of nitrogens with zero attached hydrogens (tertiary/aromatic N) is 1. The number of hydrogen-bond donors (Lipinski definition) is 1. The first-order valence-electron chi connectivity index (χ1n) is 8.55. The Kier molecular flexibility index (Phi) is 5.64. The second-order valence-electron chi connectivity index (χ2n) is 6.40. The third kappa shape index (κ3) is 4.68. The van der Waals surface area contributed by atoms with E-state index in [1.807, 2.05) is 0 Å². The van der Waals surface area contributed by atoms with Gasteiger partial charge in [0.05, 0.1) is 11.1 Å². The minimum absolute atomic E-state index is 0.0874. The van der Waals surface area contributed by atoms with Crippen molar-refractivity contribution in [2.45, 2.75) is 13.1 Å². The van der Waals surface area contributed by atoms with E-state index in [0.717, 1.165) is 34.9 Å². The molecule has 1 N–H and O–H groups in total. The lowest BCUT2D eigenvalue weighted by atomic mass is 10.1. The summed E-state index contributed by atoms with van der Waals surface area (Å²) in [6.07, 6.45) is -3.34. The fraction of sp³-hybridized carbons (Fsp3) is 0.0952. The molecule has 9 heteroatoms. The van der Waals surface area contributed by atoms with Crippen LogP contribution in [0.1, 0.15) is 21.5 Å². The number of carbonyl (C=O) groups excluding carboxylic acids is 1. The van der Waals surface area contributed by atoms with Crippen LogP contribution in [0.25, 0.3) is 0 Å². The summed E-state index contributed by atoms with van der Waals surface area (Å²) in [7, 11) is 3.44. The van der Waals surface area contributed by atoms with Crippen LogP contribution in [-0.4, -0.2) is 10.5 Å². The van der Waals surface area contributed by atoms with Gasteiger partial charge in [0.15, 0.2) is 0 Å². The number of aromatic nitrogens is 1. The SMILES string of the molecule is [CH2]n1ccc(NC(=O)c2ccc(C(F)(F)F)cc2Oc2ccc(F)cc2C)cc1=O. The van der Waals surface area contributed by atoms with Crippen LogP contribution >= 0.6 is 0 Å². The fourth-order valence-electron chi connectivity index (χ4n) is 2.60. The van der Waals surface area contributed by atoms with Gasteiger partial charge in [-0.25, -0.2) is 4.39 Å². The summed E-state index contributed by atoms with van der Waals surface area (Å²) in [5.41, 5.74) is -1.25. The van der Waals surface area contributed by atoms with E-state index in [4.69, 9.17) is 4.74 Å². The van der Waals surface area contributed by atoms with Crippen molar-refractivity contribution >= 4 is 11.6 Å². The fourth-order valence-corrected chi connectivity index (χ4v) is 2.60. The van der Waals surface area contributed by atoms with Gasteiger partial charge in [0.25, 0.3) is 11.5 Å². The van der Waals surface area contributed by atoms with Gasteiger partial charge in [-0.3, -0.25) is 9.59 Å². The Morgan fingerprint density at radius 1 is 1.07 bits per heavy atom. The lowest BCUT2D eigenvalue weighted by Crippen LogP contribution is -2.18. The lowest BCUT2D eigenvalue weighted by molar-refractivity contribution is -0.137. The number of anilines is 1. The highest BCUT2D eigenvalue weighted by atomic mass is 19.4. The number of aryl methyl sites for hydroxylation is 1. The zero-order chi connectivity index (χ0) is 22.1. The van der Waals surface area contributed by atoms with E-state index >= 15 is 0 Å². The van der Waals surface area contributed by atoms with Crippen LogP contribution in [0.2, 0.25) is 0 Å². The normalized spacial score (nSPS) is 11.3. The van der Waals surface area contributed by atoms with Gasteiger partial charge in [-0.05, 0) is 55.0 Å². The molecule has 1 heterocycles. The molecular weight excluding hydrogens is 404 g/mol. The number of hydrogen-bond acceptors (Lipinski definition) is 3. The number of pyridine rings is 1. The second-order valence-corrected chi connectivity index (χ2v) is 6.40. The number of benzene rings is 2. The molecular formula is C21H15F4N2O3. The van der Waals surface area contributed by atoms with Crippen molar-refractivity contribution in [3.8, 4) is 11.5 Å². The molecule has 5 nitrogen and oxygen atoms in total. The minimum atomic E-state index is -4.66. The van der Waals surface area contributed by atoms with Crippen LogP contribution in [0.5, 0.6) is 11.5 Å². The van der Waals surface area contributed by atoms with Gasteiger partial charge in [0.2, 0.25) is 0 Å². The maximum atomic E-state index is 13.3. The van der Waals surface area contributed by atoms with Crippen LogP contribution in [0.4, 0.5) is 23.2 Å². The zero-order valence-electron chi connectivity index (χ0n) is 15.6. The van der Waals surface area contributed by atoms with Crippen molar-refractivity contribution in [2.75, 3.05) is 5.32 Å². The predicted octanol–water partition coefficient (Wildman–Crippen LogP) is 5.00. The lowest BCUT2D eigenvalue weighted by Gasteiger charge is -2.16. The largest absolute Gasteiger partial charge is 0.456 e. The third-order valence-corrected chi connectivity index (χ3v) is 4.16. The van der Waals surface area contributed by atoms with Crippen molar-refractivity contribution < 1.29 is 27.1 Å². The number of nitrogens with one attached hydrogen (secondary N) is 1. The van der Waals surface area contributed by atoms with E-state index in [1.54, 1.807) is 0 Å². The van der Waals surface area contributed by atoms with E-state index in [9.17, 15) is 27.2 Å². The Labute approximate surface area is 168 Å². The van der Waals surface area contributed by atoms with Gasteiger partial charge in [-0.15, -0.1) is 0 Å². The first kappa shape index (κ1) is 21.1. The number of amides is 1. The molecule has 0 aliphatic carbocycles. The number of alkyl halides is 3. The summed E-state index contributed by atoms with van der Waals surface area (Å²) in [5.74, 6) is -1.62. The Balaban J connectivity index is 2.00. The second kappa shape index (κ2) is 8.02. The maximum Gasteiger partial charge on any atom is 0.416 e. The first-order chi connectivity index (χ1) is 14.0. The summed E-state index contributed by atoms with van der Waals surface area (Å²) >= 11 is 0. The van der Waals surface area contributed by atoms with E-state index in [2.05, 4.69) is 12.4 Å². The first-order valence-corrected chi connectivity index (χ1v) is 8.55. The quantitative estimate of drug-likeness (QED) is 0.606. The molecule has 0 spiro atoms. The molecule has 30 heavy (non-hydrogen) atoms. The molecule has 0 unspecified atom stereocenters. The molecule has 0 aliphatic heterocycles. The van der Waals surface area contributed by atoms with Gasteiger partial charge in [0.1, 0.15) is 17.3 Å². The van der Waals surface area contributed by atoms with Crippen molar-refractivity contribution in [1.82, 2.24) is 4.57 Å². The molecule has 0 fully saturated rings. The van der Waals surface area contributed by atoms with Gasteiger partial charge in [0, 0.05) is 25.0 Å². The average molecular weight is 419 g/mol. The molecule has 0 atom stereocenters. The van der Waals surface area contributed by atoms with E-state index in [-0.39, 0.29) is 22.7 Å². The molecule has 2 aromatic carbocycles. The molecule has 1 aromatic heterocycles. The topological polar surface area (TPSA) is 60.3 Å². The molecule has 3 rings (SSSR count). The Morgan fingerprint density at radius 2 is 1.80 bits per heavy atom. The van der Waals surface area contributed by atoms with Gasteiger partial charge in [-0.1, -0.05) is 0 Å². The van der Waals surface area contributed by atoms with Crippen molar-refractivity contribution in [3.63, 3.8) is 0 Å². The predicted molar refractivity (Wildman–Crippen MR) is 102 cm³/mol. The van der Waals surface area contributed by atoms with Gasteiger partial charge >= 0.3 is 6.18 Å². The number of rotatable bonds is 4. The minimum Gasteiger partial charge on any atom is -0.456 e. The third-order valence-electron chi connectivity index (χ3n) is 4.16. The van der Waals surface area contributed by atoms with Crippen LogP contribution in [0.15, 0.2) is 59.5 Å². The number of carbonyl (C=O) groups is 1. The van der Waals surface area contributed by atoms with E-state index < -0.39 is 29.0 Å². The molecule has 1 amide bonds. The molecule has 0 saturated carbocycles. The van der Waals surface area contributed by atoms with Crippen molar-refractivity contribution in [1.29, 1.82) is 0 Å². The highest BCUT2D eigenvalue weighted by Gasteiger charge is 2.32. The summed E-state index contributed by atoms with van der Waals surface area (Å²) in [6.45, 7) is 1.51. The zero-order valence-corrected chi connectivity index (χ0v) is 15.6. The van der Waals surface area contributed by atoms with Crippen LogP contribution in [0, 0.1) is 19.8 Å². The van der Waals surface area contributed by atoms with Crippen molar-refractivity contribution in [2.24, 2.45) is 0 Å². The smallest absolute Gasteiger partial charge is 0.416 e. The molecule has 3 aromatic rings. The Hall–Kier alpha value is -3.62. The van der Waals surface area contributed by atoms with Crippen molar-refractivity contribution in [3.05, 3.63) is 94.6 Å². The average Bonchev–Trinajstić information content (AvgIpc) is 2.66. The molecule has 0 aliphatic rings. The van der Waals surface area contributed by atoms with Crippen LogP contribution in [0.3, 0.4) is 0 Å². The van der Waals surface area contributed by atoms with Gasteiger partial charge < -0.3 is 14.6 Å². The van der Waals surface area contributed by atoms with Gasteiger partial charge in [-0.2, -0.15) is 13.2 Å². The van der Waals surface area contributed by atoms with E-state index in [1.165, 1.54) is 25.3 Å². The molecule has 0 saturated heterocycles. The standard InChI is InChI=1S/C21H15F4N2O3/c1-12-9-14(22)4-6-17(12)30-18-10-13(21(23,24)25)3-5-16(18)20(29)26-15-7-8-27(2)19(28)11-15/h3-11H,2H2,1H3,(H,26,29). The molecule has 1 radical (unpaired) electrons. The molecule has 0 bridgehead atoms. The van der Waals surface area contributed by atoms with E-state index in [0.29, 0.717) is 11.6 Å². The molecule has 155 valence electrons. The Bertz CT molecular complexity index is 1170. The maximum absolute atomic E-state index is 13.3. The highest BCUT2D eigenvalue weighted by Crippen LogP contribution is 2.36.